The summed E-state index contributed by atoms with van der Waals surface area (Å²) in [7, 11) is 2.01. The fourth-order valence-corrected chi connectivity index (χ4v) is 3.86. The van der Waals surface area contributed by atoms with E-state index in [4.69, 9.17) is 0 Å². The number of amides is 1. The molecular weight excluding hydrogens is 362 g/mol. The summed E-state index contributed by atoms with van der Waals surface area (Å²) in [6, 6.07) is 10.6. The Bertz CT molecular complexity index is 746. The molecule has 0 spiro atoms. The third kappa shape index (κ3) is 4.69. The molecule has 2 atom stereocenters. The van der Waals surface area contributed by atoms with E-state index in [0.717, 1.165) is 25.5 Å². The lowest BCUT2D eigenvalue weighted by Gasteiger charge is -2.35. The van der Waals surface area contributed by atoms with E-state index in [9.17, 15) is 4.79 Å². The van der Waals surface area contributed by atoms with Gasteiger partial charge in [0, 0.05) is 39.1 Å². The molecule has 146 valence electrons. The molecule has 1 aliphatic carbocycles. The van der Waals surface area contributed by atoms with Crippen LogP contribution >= 0.6 is 12.4 Å². The summed E-state index contributed by atoms with van der Waals surface area (Å²) in [4.78, 5) is 19.6. The van der Waals surface area contributed by atoms with Crippen molar-refractivity contribution in [1.82, 2.24) is 25.1 Å². The van der Waals surface area contributed by atoms with Crippen molar-refractivity contribution < 1.29 is 4.79 Å². The number of nitrogens with one attached hydrogen (secondary N) is 2. The smallest absolute Gasteiger partial charge is 0.234 e. The standard InChI is InChI=1S/C20H27N5O.ClH/c1-24-11-10-22-20(24)17-13-21-9-12-25(17)14-18(26)23-19(16-7-8-16)15-5-3-2-4-6-15;/h2-6,10-11,16-17,19,21H,7-9,12-14H2,1H3,(H,23,26);1H. The predicted molar refractivity (Wildman–Crippen MR) is 108 cm³/mol. The molecule has 27 heavy (non-hydrogen) atoms. The van der Waals surface area contributed by atoms with E-state index >= 15 is 0 Å². The zero-order chi connectivity index (χ0) is 17.9. The van der Waals surface area contributed by atoms with Crippen LogP contribution in [0.25, 0.3) is 0 Å². The molecule has 7 heteroatoms. The van der Waals surface area contributed by atoms with Gasteiger partial charge in [-0.25, -0.2) is 4.98 Å². The largest absolute Gasteiger partial charge is 0.348 e. The maximum atomic E-state index is 12.8. The first-order valence-corrected chi connectivity index (χ1v) is 9.48. The minimum atomic E-state index is 0. The molecule has 6 nitrogen and oxygen atoms in total. The third-order valence-corrected chi connectivity index (χ3v) is 5.43. The summed E-state index contributed by atoms with van der Waals surface area (Å²) in [6.07, 6.45) is 6.17. The molecule has 1 amide bonds. The third-order valence-electron chi connectivity index (χ3n) is 5.43. The monoisotopic (exact) mass is 389 g/mol. The number of carbonyl (C=O) groups excluding carboxylic acids is 1. The van der Waals surface area contributed by atoms with Crippen LogP contribution in [-0.4, -0.2) is 46.5 Å². The normalized spacial score (nSPS) is 21.3. The lowest BCUT2D eigenvalue weighted by Crippen LogP contribution is -2.50. The molecule has 1 aliphatic heterocycles. The molecule has 0 bridgehead atoms. The van der Waals surface area contributed by atoms with Gasteiger partial charge >= 0.3 is 0 Å². The van der Waals surface area contributed by atoms with Crippen molar-refractivity contribution in [2.45, 2.75) is 24.9 Å². The summed E-state index contributed by atoms with van der Waals surface area (Å²) < 4.78 is 2.04. The maximum Gasteiger partial charge on any atom is 0.234 e. The van der Waals surface area contributed by atoms with E-state index in [1.54, 1.807) is 0 Å². The van der Waals surface area contributed by atoms with Crippen molar-refractivity contribution in [3.8, 4) is 0 Å². The first-order valence-electron chi connectivity index (χ1n) is 9.48. The Balaban J connectivity index is 0.00000210. The predicted octanol–water partition coefficient (Wildman–Crippen LogP) is 2.06. The van der Waals surface area contributed by atoms with Gasteiger partial charge in [0.2, 0.25) is 5.91 Å². The van der Waals surface area contributed by atoms with Crippen LogP contribution in [0.2, 0.25) is 0 Å². The van der Waals surface area contributed by atoms with E-state index in [0.29, 0.717) is 12.5 Å². The van der Waals surface area contributed by atoms with Gasteiger partial charge in [-0.2, -0.15) is 0 Å². The van der Waals surface area contributed by atoms with Gasteiger partial charge in [0.15, 0.2) is 0 Å². The van der Waals surface area contributed by atoms with E-state index < -0.39 is 0 Å². The number of benzene rings is 1. The minimum absolute atomic E-state index is 0. The maximum absolute atomic E-state index is 12.8. The van der Waals surface area contributed by atoms with Gasteiger partial charge in [-0.1, -0.05) is 30.3 Å². The highest BCUT2D eigenvalue weighted by molar-refractivity contribution is 5.85. The van der Waals surface area contributed by atoms with Gasteiger partial charge in [-0.05, 0) is 24.3 Å². The Kier molecular flexibility index (Phi) is 6.52. The second-order valence-electron chi connectivity index (χ2n) is 7.38. The number of rotatable bonds is 6. The molecule has 2 heterocycles. The van der Waals surface area contributed by atoms with Crippen LogP contribution in [0, 0.1) is 5.92 Å². The SMILES string of the molecule is Cl.Cn1ccnc1C1CNCCN1CC(=O)NC(c1ccccc1)C1CC1. The van der Waals surface area contributed by atoms with E-state index in [1.807, 2.05) is 42.2 Å². The van der Waals surface area contributed by atoms with Gasteiger partial charge in [0.25, 0.3) is 0 Å². The number of imidazole rings is 1. The number of aromatic nitrogens is 2. The number of hydrogen-bond acceptors (Lipinski definition) is 4. The first-order chi connectivity index (χ1) is 12.7. The molecule has 2 aliphatic rings. The van der Waals surface area contributed by atoms with Crippen molar-refractivity contribution in [3.63, 3.8) is 0 Å². The molecule has 2 fully saturated rings. The second-order valence-corrected chi connectivity index (χ2v) is 7.38. The summed E-state index contributed by atoms with van der Waals surface area (Å²) in [5, 5.41) is 6.72. The van der Waals surface area contributed by atoms with Crippen LogP contribution in [0.4, 0.5) is 0 Å². The highest BCUT2D eigenvalue weighted by Gasteiger charge is 2.34. The number of aryl methyl sites for hydroxylation is 1. The molecule has 2 unspecified atom stereocenters. The zero-order valence-electron chi connectivity index (χ0n) is 15.7. The topological polar surface area (TPSA) is 62.2 Å². The Morgan fingerprint density at radius 2 is 2.11 bits per heavy atom. The molecule has 2 N–H and O–H groups in total. The van der Waals surface area contributed by atoms with E-state index in [2.05, 4.69) is 32.7 Å². The fourth-order valence-electron chi connectivity index (χ4n) is 3.86. The highest BCUT2D eigenvalue weighted by Crippen LogP contribution is 2.40. The highest BCUT2D eigenvalue weighted by atomic mass is 35.5. The lowest BCUT2D eigenvalue weighted by molar-refractivity contribution is -0.124. The van der Waals surface area contributed by atoms with Gasteiger partial charge in [-0.15, -0.1) is 12.4 Å². The Morgan fingerprint density at radius 3 is 2.78 bits per heavy atom. The van der Waals surface area contributed by atoms with Crippen molar-refractivity contribution in [2.24, 2.45) is 13.0 Å². The summed E-state index contributed by atoms with van der Waals surface area (Å²) in [5.41, 5.74) is 1.21. The van der Waals surface area contributed by atoms with Crippen molar-refractivity contribution in [1.29, 1.82) is 0 Å². The van der Waals surface area contributed by atoms with Crippen LogP contribution < -0.4 is 10.6 Å². The van der Waals surface area contributed by atoms with Crippen molar-refractivity contribution in [2.75, 3.05) is 26.2 Å². The number of halogens is 1. The van der Waals surface area contributed by atoms with Gasteiger partial charge in [0.1, 0.15) is 5.82 Å². The quantitative estimate of drug-likeness (QED) is 0.793. The average Bonchev–Trinajstić information content (AvgIpc) is 3.42. The molecule has 0 radical (unpaired) electrons. The van der Waals surface area contributed by atoms with Crippen LogP contribution in [0.3, 0.4) is 0 Å². The Labute approximate surface area is 166 Å². The Morgan fingerprint density at radius 1 is 1.33 bits per heavy atom. The minimum Gasteiger partial charge on any atom is -0.348 e. The average molecular weight is 390 g/mol. The summed E-state index contributed by atoms with van der Waals surface area (Å²) >= 11 is 0. The molecule has 1 saturated carbocycles. The van der Waals surface area contributed by atoms with Crippen molar-refractivity contribution >= 4 is 18.3 Å². The molecule has 2 aromatic rings. The van der Waals surface area contributed by atoms with Crippen molar-refractivity contribution in [3.05, 3.63) is 54.1 Å². The lowest BCUT2D eigenvalue weighted by atomic mass is 10.0. The summed E-state index contributed by atoms with van der Waals surface area (Å²) in [6.45, 7) is 2.99. The zero-order valence-corrected chi connectivity index (χ0v) is 16.5. The number of hydrogen-bond donors (Lipinski definition) is 2. The van der Waals surface area contributed by atoms with Crippen LogP contribution in [0.5, 0.6) is 0 Å². The number of piperazine rings is 1. The van der Waals surface area contributed by atoms with E-state index in [1.165, 1.54) is 18.4 Å². The van der Waals surface area contributed by atoms with Gasteiger partial charge in [0.05, 0.1) is 18.6 Å². The van der Waals surface area contributed by atoms with Gasteiger partial charge < -0.3 is 15.2 Å². The van der Waals surface area contributed by atoms with Crippen LogP contribution in [-0.2, 0) is 11.8 Å². The molecular formula is C20H28ClN5O. The number of carbonyl (C=O) groups is 1. The molecule has 1 aromatic carbocycles. The first kappa shape index (κ1) is 19.9. The fraction of sp³-hybridized carbons (Fsp3) is 0.500. The molecule has 4 rings (SSSR count). The second kappa shape index (κ2) is 8.87. The van der Waals surface area contributed by atoms with Crippen LogP contribution in [0.15, 0.2) is 42.7 Å². The van der Waals surface area contributed by atoms with E-state index in [-0.39, 0.29) is 30.4 Å². The van der Waals surface area contributed by atoms with Gasteiger partial charge in [-0.3, -0.25) is 9.69 Å². The Hall–Kier alpha value is -1.89. The number of nitrogens with zero attached hydrogens (tertiary/aromatic N) is 3. The molecule has 1 aromatic heterocycles. The summed E-state index contributed by atoms with van der Waals surface area (Å²) in [5.74, 6) is 1.69. The van der Waals surface area contributed by atoms with Crippen LogP contribution in [0.1, 0.15) is 36.3 Å². The molecule has 1 saturated heterocycles.